The Kier molecular flexibility index (Phi) is 3.18. The molecule has 0 saturated heterocycles. The van der Waals surface area contributed by atoms with Crippen molar-refractivity contribution in [2.75, 3.05) is 0 Å². The van der Waals surface area contributed by atoms with Crippen LogP contribution in [0.1, 0.15) is 31.2 Å². The van der Waals surface area contributed by atoms with Crippen LogP contribution in [0.15, 0.2) is 30.5 Å². The van der Waals surface area contributed by atoms with Gasteiger partial charge in [0.15, 0.2) is 0 Å². The zero-order valence-corrected chi connectivity index (χ0v) is 10.2. The van der Waals surface area contributed by atoms with Gasteiger partial charge in [0.2, 0.25) is 0 Å². The monoisotopic (exact) mass is 230 g/mol. The highest BCUT2D eigenvalue weighted by Gasteiger charge is 2.08. The van der Waals surface area contributed by atoms with Crippen LogP contribution in [0, 0.1) is 12.7 Å². The second-order valence-electron chi connectivity index (χ2n) is 4.39. The first kappa shape index (κ1) is 11.7. The summed E-state index contributed by atoms with van der Waals surface area (Å²) in [6, 6.07) is 6.32. The van der Waals surface area contributed by atoms with Gasteiger partial charge in [-0.1, -0.05) is 13.8 Å². The van der Waals surface area contributed by atoms with Crippen LogP contribution in [0.4, 0.5) is 4.39 Å². The fraction of sp³-hybridized carbons (Fsp3) is 0.286. The zero-order valence-electron chi connectivity index (χ0n) is 10.2. The van der Waals surface area contributed by atoms with Crippen LogP contribution in [-0.4, -0.2) is 9.97 Å². The molecular formula is C14H15FN2. The number of hydrogen-bond acceptors (Lipinski definition) is 2. The highest BCUT2D eigenvalue weighted by Crippen LogP contribution is 2.21. The van der Waals surface area contributed by atoms with Crippen LogP contribution in [0.5, 0.6) is 0 Å². The molecule has 2 nitrogen and oxygen atoms in total. The van der Waals surface area contributed by atoms with Crippen LogP contribution in [0.3, 0.4) is 0 Å². The van der Waals surface area contributed by atoms with Gasteiger partial charge in [-0.15, -0.1) is 0 Å². The molecule has 0 N–H and O–H groups in total. The van der Waals surface area contributed by atoms with Crippen molar-refractivity contribution in [2.24, 2.45) is 0 Å². The Balaban J connectivity index is 2.43. The number of hydrogen-bond donors (Lipinski definition) is 0. The van der Waals surface area contributed by atoms with E-state index in [1.807, 2.05) is 6.92 Å². The van der Waals surface area contributed by atoms with Gasteiger partial charge in [0.05, 0.1) is 17.1 Å². The van der Waals surface area contributed by atoms with Crippen LogP contribution >= 0.6 is 0 Å². The van der Waals surface area contributed by atoms with Crippen molar-refractivity contribution in [1.29, 1.82) is 0 Å². The maximum absolute atomic E-state index is 12.8. The molecular weight excluding hydrogens is 215 g/mol. The van der Waals surface area contributed by atoms with Gasteiger partial charge in [0, 0.05) is 11.8 Å². The van der Waals surface area contributed by atoms with E-state index in [4.69, 9.17) is 0 Å². The van der Waals surface area contributed by atoms with Crippen molar-refractivity contribution in [1.82, 2.24) is 9.97 Å². The molecule has 0 saturated carbocycles. The van der Waals surface area contributed by atoms with E-state index in [0.29, 0.717) is 5.92 Å². The molecule has 1 aromatic carbocycles. The van der Waals surface area contributed by atoms with E-state index in [0.717, 1.165) is 22.6 Å². The first-order valence-electron chi connectivity index (χ1n) is 5.67. The summed E-state index contributed by atoms with van der Waals surface area (Å²) in [5.41, 5.74) is 3.57. The van der Waals surface area contributed by atoms with Crippen molar-refractivity contribution in [3.05, 3.63) is 47.7 Å². The van der Waals surface area contributed by atoms with Gasteiger partial charge in [-0.25, -0.2) is 4.39 Å². The Bertz CT molecular complexity index is 518. The Morgan fingerprint density at radius 2 is 1.76 bits per heavy atom. The quantitative estimate of drug-likeness (QED) is 0.785. The molecule has 0 spiro atoms. The number of rotatable bonds is 2. The second kappa shape index (κ2) is 4.62. The van der Waals surface area contributed by atoms with Gasteiger partial charge >= 0.3 is 0 Å². The smallest absolute Gasteiger partial charge is 0.123 e. The van der Waals surface area contributed by atoms with Gasteiger partial charge in [-0.2, -0.15) is 0 Å². The van der Waals surface area contributed by atoms with E-state index in [1.54, 1.807) is 18.3 Å². The van der Waals surface area contributed by atoms with Gasteiger partial charge in [-0.3, -0.25) is 9.97 Å². The summed E-state index contributed by atoms with van der Waals surface area (Å²) in [5, 5.41) is 0. The normalized spacial score (nSPS) is 10.9. The third-order valence-corrected chi connectivity index (χ3v) is 2.67. The molecule has 0 aliphatic heterocycles. The number of aromatic nitrogens is 2. The molecule has 2 aromatic rings. The van der Waals surface area contributed by atoms with Crippen molar-refractivity contribution in [2.45, 2.75) is 26.7 Å². The second-order valence-corrected chi connectivity index (χ2v) is 4.39. The molecule has 0 radical (unpaired) electrons. The molecule has 0 fully saturated rings. The molecule has 2 rings (SSSR count). The fourth-order valence-electron chi connectivity index (χ4n) is 1.67. The molecule has 1 heterocycles. The Labute approximate surface area is 101 Å². The van der Waals surface area contributed by atoms with Gasteiger partial charge in [0.1, 0.15) is 5.82 Å². The van der Waals surface area contributed by atoms with Crippen LogP contribution in [0.25, 0.3) is 11.3 Å². The minimum absolute atomic E-state index is 0.238. The average molecular weight is 230 g/mol. The molecule has 0 atom stereocenters. The Hall–Kier alpha value is -1.77. The minimum atomic E-state index is -0.238. The first-order valence-corrected chi connectivity index (χ1v) is 5.67. The third-order valence-electron chi connectivity index (χ3n) is 2.67. The lowest BCUT2D eigenvalue weighted by atomic mass is 10.1. The molecule has 0 aliphatic carbocycles. The fourth-order valence-corrected chi connectivity index (χ4v) is 1.67. The lowest BCUT2D eigenvalue weighted by Crippen LogP contribution is -1.99. The van der Waals surface area contributed by atoms with Crippen molar-refractivity contribution in [3.63, 3.8) is 0 Å². The Morgan fingerprint density at radius 3 is 2.29 bits per heavy atom. The highest BCUT2D eigenvalue weighted by molar-refractivity contribution is 5.61. The van der Waals surface area contributed by atoms with Crippen molar-refractivity contribution >= 4 is 0 Å². The molecule has 0 aliphatic rings. The van der Waals surface area contributed by atoms with Crippen molar-refractivity contribution < 1.29 is 4.39 Å². The standard InChI is InChI=1S/C14H15FN2/c1-9(2)13-8-16-14(10(3)17-13)11-4-6-12(15)7-5-11/h4-9H,1-3H3. The summed E-state index contributed by atoms with van der Waals surface area (Å²) in [7, 11) is 0. The maximum Gasteiger partial charge on any atom is 0.123 e. The Morgan fingerprint density at radius 1 is 1.12 bits per heavy atom. The zero-order chi connectivity index (χ0) is 12.4. The van der Waals surface area contributed by atoms with E-state index in [1.165, 1.54) is 12.1 Å². The predicted molar refractivity (Wildman–Crippen MR) is 66.3 cm³/mol. The van der Waals surface area contributed by atoms with E-state index < -0.39 is 0 Å². The topological polar surface area (TPSA) is 25.8 Å². The number of halogens is 1. The molecule has 1 aromatic heterocycles. The first-order chi connectivity index (χ1) is 8.08. The van der Waals surface area contributed by atoms with Crippen LogP contribution in [-0.2, 0) is 0 Å². The molecule has 88 valence electrons. The molecule has 17 heavy (non-hydrogen) atoms. The summed E-state index contributed by atoms with van der Waals surface area (Å²) < 4.78 is 12.8. The SMILES string of the molecule is Cc1nc(C(C)C)cnc1-c1ccc(F)cc1. The molecule has 0 amide bonds. The molecule has 3 heteroatoms. The third kappa shape index (κ3) is 2.49. The number of aryl methyl sites for hydroxylation is 1. The lowest BCUT2D eigenvalue weighted by molar-refractivity contribution is 0.628. The summed E-state index contributed by atoms with van der Waals surface area (Å²) >= 11 is 0. The minimum Gasteiger partial charge on any atom is -0.254 e. The average Bonchev–Trinajstić information content (AvgIpc) is 2.30. The maximum atomic E-state index is 12.8. The van der Waals surface area contributed by atoms with Crippen molar-refractivity contribution in [3.8, 4) is 11.3 Å². The predicted octanol–water partition coefficient (Wildman–Crippen LogP) is 3.71. The van der Waals surface area contributed by atoms with Crippen LogP contribution in [0.2, 0.25) is 0 Å². The summed E-state index contributed by atoms with van der Waals surface area (Å²) in [5.74, 6) is 0.127. The van der Waals surface area contributed by atoms with E-state index >= 15 is 0 Å². The molecule has 0 unspecified atom stereocenters. The van der Waals surface area contributed by atoms with Gasteiger partial charge in [0.25, 0.3) is 0 Å². The van der Waals surface area contributed by atoms with Gasteiger partial charge in [-0.05, 0) is 37.1 Å². The summed E-state index contributed by atoms with van der Waals surface area (Å²) in [6.07, 6.45) is 1.79. The summed E-state index contributed by atoms with van der Waals surface area (Å²) in [4.78, 5) is 8.93. The van der Waals surface area contributed by atoms with E-state index in [9.17, 15) is 4.39 Å². The van der Waals surface area contributed by atoms with Crippen LogP contribution < -0.4 is 0 Å². The van der Waals surface area contributed by atoms with Gasteiger partial charge < -0.3 is 0 Å². The largest absolute Gasteiger partial charge is 0.254 e. The summed E-state index contributed by atoms with van der Waals surface area (Å²) in [6.45, 7) is 6.10. The highest BCUT2D eigenvalue weighted by atomic mass is 19.1. The van der Waals surface area contributed by atoms with E-state index in [2.05, 4.69) is 23.8 Å². The molecule has 0 bridgehead atoms. The number of benzene rings is 1. The number of nitrogens with zero attached hydrogens (tertiary/aromatic N) is 2. The lowest BCUT2D eigenvalue weighted by Gasteiger charge is -2.08. The van der Waals surface area contributed by atoms with E-state index in [-0.39, 0.29) is 5.82 Å².